The van der Waals surface area contributed by atoms with Gasteiger partial charge in [-0.2, -0.15) is 5.10 Å². The van der Waals surface area contributed by atoms with Gasteiger partial charge in [0.25, 0.3) is 5.56 Å². The van der Waals surface area contributed by atoms with Crippen molar-refractivity contribution in [2.75, 3.05) is 5.32 Å². The van der Waals surface area contributed by atoms with E-state index in [1.807, 2.05) is 66.7 Å². The molecule has 0 radical (unpaired) electrons. The van der Waals surface area contributed by atoms with E-state index in [4.69, 9.17) is 4.74 Å². The Morgan fingerprint density at radius 2 is 1.57 bits per heavy atom. The van der Waals surface area contributed by atoms with Gasteiger partial charge in [-0.1, -0.05) is 72.8 Å². The zero-order chi connectivity index (χ0) is 24.5. The van der Waals surface area contributed by atoms with E-state index in [2.05, 4.69) is 20.8 Å². The first kappa shape index (κ1) is 23.4. The van der Waals surface area contributed by atoms with Crippen LogP contribution in [0.25, 0.3) is 11.3 Å². The topological polar surface area (TPSA) is 113 Å². The van der Waals surface area contributed by atoms with Crippen molar-refractivity contribution in [3.63, 3.8) is 0 Å². The lowest BCUT2D eigenvalue weighted by molar-refractivity contribution is -0.118. The maximum absolute atomic E-state index is 13.2. The molecule has 176 valence electrons. The fraction of sp³-hybridized carbons (Fsp3) is 0.111. The molecule has 0 saturated carbocycles. The number of H-pyrrole nitrogens is 1. The molecular weight excluding hydrogens is 444 g/mol. The lowest BCUT2D eigenvalue weighted by atomic mass is 10.0. The summed E-state index contributed by atoms with van der Waals surface area (Å²) in [6.45, 7) is 0.0978. The van der Waals surface area contributed by atoms with Gasteiger partial charge in [0, 0.05) is 23.7 Å². The van der Waals surface area contributed by atoms with Crippen LogP contribution in [0.3, 0.4) is 0 Å². The molecule has 0 aliphatic rings. The molecule has 0 unspecified atom stereocenters. The third-order valence-corrected chi connectivity index (χ3v) is 5.21. The molecule has 3 aromatic carbocycles. The number of aromatic amines is 1. The molecule has 1 atom stereocenters. The number of rotatable bonds is 8. The first-order valence-corrected chi connectivity index (χ1v) is 11.0. The number of alkyl carbamates (subject to hydrolysis) is 1. The van der Waals surface area contributed by atoms with Gasteiger partial charge in [-0.05, 0) is 29.3 Å². The van der Waals surface area contributed by atoms with E-state index in [-0.39, 0.29) is 18.6 Å². The number of nitrogens with one attached hydrogen (secondary N) is 3. The van der Waals surface area contributed by atoms with E-state index in [1.54, 1.807) is 24.3 Å². The van der Waals surface area contributed by atoms with Gasteiger partial charge in [0.15, 0.2) is 0 Å². The van der Waals surface area contributed by atoms with Crippen molar-refractivity contribution in [2.24, 2.45) is 0 Å². The average Bonchev–Trinajstić information content (AvgIpc) is 2.89. The quantitative estimate of drug-likeness (QED) is 0.363. The van der Waals surface area contributed by atoms with E-state index in [0.717, 1.165) is 11.1 Å². The molecule has 1 heterocycles. The largest absolute Gasteiger partial charge is 0.445 e. The molecule has 8 heteroatoms. The Hall–Kier alpha value is -4.72. The van der Waals surface area contributed by atoms with Crippen molar-refractivity contribution in [1.29, 1.82) is 0 Å². The second kappa shape index (κ2) is 11.4. The van der Waals surface area contributed by atoms with Gasteiger partial charge in [0.05, 0.1) is 5.69 Å². The van der Waals surface area contributed by atoms with E-state index in [9.17, 15) is 14.4 Å². The minimum absolute atomic E-state index is 0.0978. The Balaban J connectivity index is 1.46. The van der Waals surface area contributed by atoms with Crippen molar-refractivity contribution >= 4 is 17.7 Å². The molecule has 1 aromatic heterocycles. The zero-order valence-corrected chi connectivity index (χ0v) is 18.8. The zero-order valence-electron chi connectivity index (χ0n) is 18.8. The second-order valence-corrected chi connectivity index (χ2v) is 7.82. The van der Waals surface area contributed by atoms with Crippen molar-refractivity contribution in [3.05, 3.63) is 119 Å². The van der Waals surface area contributed by atoms with E-state index < -0.39 is 18.0 Å². The number of nitrogens with zero attached hydrogens (tertiary/aromatic N) is 1. The van der Waals surface area contributed by atoms with Gasteiger partial charge in [-0.25, -0.2) is 9.89 Å². The average molecular weight is 469 g/mol. The molecule has 35 heavy (non-hydrogen) atoms. The number of aromatic nitrogens is 2. The van der Waals surface area contributed by atoms with Gasteiger partial charge < -0.3 is 15.4 Å². The smallest absolute Gasteiger partial charge is 0.408 e. The highest BCUT2D eigenvalue weighted by Gasteiger charge is 2.22. The molecule has 0 bridgehead atoms. The highest BCUT2D eigenvalue weighted by Crippen LogP contribution is 2.20. The van der Waals surface area contributed by atoms with Crippen LogP contribution in [0.15, 0.2) is 102 Å². The summed E-state index contributed by atoms with van der Waals surface area (Å²) in [6, 6.07) is 27.9. The highest BCUT2D eigenvalue weighted by atomic mass is 16.5. The standard InChI is InChI=1S/C27H24N4O4/c32-25-15-14-23(30-31-25)21-12-7-13-22(17-21)28-26(33)24(16-19-8-3-1-4-9-19)29-27(34)35-18-20-10-5-2-6-11-20/h1-15,17,24H,16,18H2,(H,28,33)(H,29,34)(H,31,32)/t24-/m0/s1. The lowest BCUT2D eigenvalue weighted by Crippen LogP contribution is -2.45. The number of anilines is 1. The summed E-state index contributed by atoms with van der Waals surface area (Å²) in [5, 5.41) is 12.0. The third-order valence-electron chi connectivity index (χ3n) is 5.21. The molecule has 0 aliphatic carbocycles. The summed E-state index contributed by atoms with van der Waals surface area (Å²) in [7, 11) is 0. The normalized spacial score (nSPS) is 11.3. The Kier molecular flexibility index (Phi) is 7.65. The first-order valence-electron chi connectivity index (χ1n) is 11.0. The summed E-state index contributed by atoms with van der Waals surface area (Å²) in [6.07, 6.45) is -0.398. The number of benzene rings is 3. The molecule has 4 aromatic rings. The molecule has 0 spiro atoms. The van der Waals surface area contributed by atoms with Crippen LogP contribution in [0, 0.1) is 0 Å². The Labute approximate surface area is 202 Å². The minimum atomic E-state index is -0.865. The Bertz CT molecular complexity index is 1320. The Morgan fingerprint density at radius 1 is 0.857 bits per heavy atom. The highest BCUT2D eigenvalue weighted by molar-refractivity contribution is 5.97. The van der Waals surface area contributed by atoms with Crippen LogP contribution >= 0.6 is 0 Å². The summed E-state index contributed by atoms with van der Waals surface area (Å²) >= 11 is 0. The fourth-order valence-corrected chi connectivity index (χ4v) is 3.46. The molecule has 2 amide bonds. The van der Waals surface area contributed by atoms with E-state index >= 15 is 0 Å². The predicted octanol–water partition coefficient (Wildman–Crippen LogP) is 3.91. The van der Waals surface area contributed by atoms with Crippen LogP contribution in [0.1, 0.15) is 11.1 Å². The summed E-state index contributed by atoms with van der Waals surface area (Å²) < 4.78 is 5.32. The van der Waals surface area contributed by atoms with Crippen LogP contribution in [0.2, 0.25) is 0 Å². The van der Waals surface area contributed by atoms with Gasteiger partial charge >= 0.3 is 6.09 Å². The number of carbonyl (C=O) groups excluding carboxylic acids is 2. The van der Waals surface area contributed by atoms with Gasteiger partial charge in [-0.15, -0.1) is 0 Å². The number of carbonyl (C=O) groups is 2. The van der Waals surface area contributed by atoms with Crippen molar-refractivity contribution in [1.82, 2.24) is 15.5 Å². The molecular formula is C27H24N4O4. The summed E-state index contributed by atoms with van der Waals surface area (Å²) in [5.74, 6) is -0.392. The SMILES string of the molecule is O=C(N[C@@H](Cc1ccccc1)C(=O)Nc1cccc(-c2ccc(=O)[nH]n2)c1)OCc1ccccc1. The maximum Gasteiger partial charge on any atom is 0.408 e. The molecule has 0 fully saturated rings. The van der Waals surface area contributed by atoms with Gasteiger partial charge in [0.1, 0.15) is 12.6 Å². The van der Waals surface area contributed by atoms with Crippen LogP contribution in [-0.2, 0) is 22.6 Å². The fourth-order valence-electron chi connectivity index (χ4n) is 3.46. The van der Waals surface area contributed by atoms with Gasteiger partial charge in [-0.3, -0.25) is 9.59 Å². The third kappa shape index (κ3) is 6.88. The molecule has 4 rings (SSSR count). The monoisotopic (exact) mass is 468 g/mol. The summed E-state index contributed by atoms with van der Waals surface area (Å²) in [5.41, 5.74) is 3.24. The number of hydrogen-bond acceptors (Lipinski definition) is 5. The van der Waals surface area contributed by atoms with Crippen LogP contribution in [-0.4, -0.2) is 28.2 Å². The second-order valence-electron chi connectivity index (χ2n) is 7.82. The predicted molar refractivity (Wildman–Crippen MR) is 133 cm³/mol. The van der Waals surface area contributed by atoms with Gasteiger partial charge in [0.2, 0.25) is 5.91 Å². The summed E-state index contributed by atoms with van der Waals surface area (Å²) in [4.78, 5) is 37.0. The molecule has 0 saturated heterocycles. The number of hydrogen-bond donors (Lipinski definition) is 3. The van der Waals surface area contributed by atoms with Crippen LogP contribution in [0.4, 0.5) is 10.5 Å². The van der Waals surface area contributed by atoms with E-state index in [1.165, 1.54) is 6.07 Å². The molecule has 0 aliphatic heterocycles. The number of amides is 2. The van der Waals surface area contributed by atoms with Crippen LogP contribution < -0.4 is 16.2 Å². The first-order chi connectivity index (χ1) is 17.1. The number of ether oxygens (including phenoxy) is 1. The lowest BCUT2D eigenvalue weighted by Gasteiger charge is -2.19. The van der Waals surface area contributed by atoms with E-state index in [0.29, 0.717) is 16.9 Å². The minimum Gasteiger partial charge on any atom is -0.445 e. The van der Waals surface area contributed by atoms with Crippen LogP contribution in [0.5, 0.6) is 0 Å². The maximum atomic E-state index is 13.2. The van der Waals surface area contributed by atoms with Crippen molar-refractivity contribution < 1.29 is 14.3 Å². The van der Waals surface area contributed by atoms with Crippen molar-refractivity contribution in [2.45, 2.75) is 19.1 Å². The van der Waals surface area contributed by atoms with Crippen molar-refractivity contribution in [3.8, 4) is 11.3 Å². The Morgan fingerprint density at radius 3 is 2.26 bits per heavy atom. The molecule has 8 nitrogen and oxygen atoms in total. The molecule has 3 N–H and O–H groups in total.